The van der Waals surface area contributed by atoms with Crippen LogP contribution < -0.4 is 20.3 Å². The molecule has 2 aromatic rings. The van der Waals surface area contributed by atoms with Gasteiger partial charge in [0.1, 0.15) is 23.4 Å². The Hall–Kier alpha value is -3.62. The van der Waals surface area contributed by atoms with Crippen LogP contribution >= 0.6 is 0 Å². The van der Waals surface area contributed by atoms with Crippen LogP contribution in [0.2, 0.25) is 0 Å². The number of aldehydes is 1. The van der Waals surface area contributed by atoms with E-state index in [1.807, 2.05) is 25.7 Å². The number of hydrogen-bond donors (Lipinski definition) is 2. The van der Waals surface area contributed by atoms with E-state index in [-0.39, 0.29) is 11.8 Å². The summed E-state index contributed by atoms with van der Waals surface area (Å²) in [6.45, 7) is 12.3. The molecule has 1 aliphatic rings. The quantitative estimate of drug-likeness (QED) is 0.573. The molecule has 0 saturated carbocycles. The highest BCUT2D eigenvalue weighted by Crippen LogP contribution is 2.35. The Bertz CT molecular complexity index is 1140. The smallest absolute Gasteiger partial charge is 0.315 e. The minimum Gasteiger partial charge on any atom is -0.496 e. The fraction of sp³-hybridized carbons (Fsp3) is 0.481. The Kier molecular flexibility index (Phi) is 8.22. The average molecular weight is 496 g/mol. The van der Waals surface area contributed by atoms with Crippen molar-refractivity contribution in [3.8, 4) is 5.75 Å². The number of aromatic nitrogens is 1. The first-order valence-corrected chi connectivity index (χ1v) is 12.2. The Morgan fingerprint density at radius 1 is 1.08 bits per heavy atom. The van der Waals surface area contributed by atoms with E-state index in [0.29, 0.717) is 49.3 Å². The van der Waals surface area contributed by atoms with Gasteiger partial charge in [0, 0.05) is 50.0 Å². The van der Waals surface area contributed by atoms with Gasteiger partial charge in [-0.3, -0.25) is 4.79 Å². The summed E-state index contributed by atoms with van der Waals surface area (Å²) in [5.74, 6) is 0.966. The molecule has 1 aliphatic heterocycles. The monoisotopic (exact) mass is 495 g/mol. The fourth-order valence-corrected chi connectivity index (χ4v) is 4.62. The van der Waals surface area contributed by atoms with Gasteiger partial charge in [-0.15, -0.1) is 0 Å². The number of hydrogen-bond acceptors (Lipinski definition) is 6. The first-order valence-electron chi connectivity index (χ1n) is 12.2. The molecule has 1 fully saturated rings. The molecule has 1 atom stereocenters. The summed E-state index contributed by atoms with van der Waals surface area (Å²) in [5, 5.41) is 5.25. The first-order chi connectivity index (χ1) is 17.1. The van der Waals surface area contributed by atoms with E-state index in [1.54, 1.807) is 18.2 Å². The van der Waals surface area contributed by atoms with E-state index >= 15 is 0 Å². The summed E-state index contributed by atoms with van der Waals surface area (Å²) in [6.07, 6.45) is 0.717. The van der Waals surface area contributed by atoms with Crippen LogP contribution in [0, 0.1) is 26.7 Å². The van der Waals surface area contributed by atoms with Crippen molar-refractivity contribution in [1.82, 2.24) is 20.5 Å². The zero-order chi connectivity index (χ0) is 26.6. The molecule has 0 radical (unpaired) electrons. The van der Waals surface area contributed by atoms with Crippen molar-refractivity contribution in [1.29, 1.82) is 0 Å². The number of pyridine rings is 1. The van der Waals surface area contributed by atoms with Gasteiger partial charge in [-0.1, -0.05) is 26.0 Å². The molecule has 2 heterocycles. The number of rotatable bonds is 7. The maximum Gasteiger partial charge on any atom is 0.315 e. The number of nitrogens with one attached hydrogen (secondary N) is 2. The predicted octanol–water partition coefficient (Wildman–Crippen LogP) is 2.96. The molecule has 3 amide bonds. The van der Waals surface area contributed by atoms with Crippen molar-refractivity contribution < 1.29 is 19.1 Å². The Morgan fingerprint density at radius 2 is 1.75 bits per heavy atom. The fourth-order valence-electron chi connectivity index (χ4n) is 4.62. The highest BCUT2D eigenvalue weighted by Gasteiger charge is 2.40. The molecule has 36 heavy (non-hydrogen) atoms. The van der Waals surface area contributed by atoms with Crippen molar-refractivity contribution in [3.05, 3.63) is 52.2 Å². The third-order valence-corrected chi connectivity index (χ3v) is 7.03. The summed E-state index contributed by atoms with van der Waals surface area (Å²) >= 11 is 0. The molecule has 1 aromatic heterocycles. The van der Waals surface area contributed by atoms with Gasteiger partial charge >= 0.3 is 6.03 Å². The lowest BCUT2D eigenvalue weighted by atomic mass is 9.80. The van der Waals surface area contributed by atoms with E-state index in [0.717, 1.165) is 17.1 Å². The molecular formula is C27H37N5O4. The maximum atomic E-state index is 13.4. The van der Waals surface area contributed by atoms with Gasteiger partial charge in [-0.25, -0.2) is 9.78 Å². The van der Waals surface area contributed by atoms with E-state index in [9.17, 15) is 14.4 Å². The van der Waals surface area contributed by atoms with Crippen LogP contribution in [0.1, 0.15) is 46.6 Å². The normalized spacial score (nSPS) is 15.3. The van der Waals surface area contributed by atoms with Crippen molar-refractivity contribution in [2.45, 2.75) is 40.2 Å². The highest BCUT2D eigenvalue weighted by molar-refractivity contribution is 5.95. The lowest BCUT2D eigenvalue weighted by molar-refractivity contribution is -0.115. The van der Waals surface area contributed by atoms with Gasteiger partial charge in [-0.2, -0.15) is 0 Å². The third kappa shape index (κ3) is 5.15. The molecule has 0 bridgehead atoms. The van der Waals surface area contributed by atoms with Crippen LogP contribution in [0.3, 0.4) is 0 Å². The first kappa shape index (κ1) is 27.0. The molecule has 1 unspecified atom stereocenters. The van der Waals surface area contributed by atoms with Crippen molar-refractivity contribution in [2.24, 2.45) is 5.92 Å². The van der Waals surface area contributed by atoms with Gasteiger partial charge in [0.05, 0.1) is 7.11 Å². The SMILES string of the molecule is CNC(=O)NC(C=O)(c1ccc(C(=O)N2CCN(c3nc(C)c(C)cc3C)CC2)cc1OC)C(C)C. The topological polar surface area (TPSA) is 104 Å². The lowest BCUT2D eigenvalue weighted by Crippen LogP contribution is -2.53. The second kappa shape index (κ2) is 11.0. The molecule has 1 aromatic carbocycles. The Labute approximate surface area is 213 Å². The van der Waals surface area contributed by atoms with Crippen molar-refractivity contribution in [3.63, 3.8) is 0 Å². The number of benzene rings is 1. The second-order valence-electron chi connectivity index (χ2n) is 9.57. The molecule has 9 heteroatoms. The number of ether oxygens (including phenoxy) is 1. The number of carbonyl (C=O) groups excluding carboxylic acids is 3. The molecule has 0 aliphatic carbocycles. The number of piperazine rings is 1. The van der Waals surface area contributed by atoms with Gasteiger partial charge in [0.15, 0.2) is 0 Å². The van der Waals surface area contributed by atoms with Gasteiger partial charge in [0.2, 0.25) is 0 Å². The molecule has 1 saturated heterocycles. The summed E-state index contributed by atoms with van der Waals surface area (Å²) in [7, 11) is 2.97. The van der Waals surface area contributed by atoms with E-state index in [4.69, 9.17) is 9.72 Å². The number of nitrogens with zero attached hydrogens (tertiary/aromatic N) is 3. The molecular weight excluding hydrogens is 458 g/mol. The van der Waals surface area contributed by atoms with Crippen molar-refractivity contribution >= 4 is 24.0 Å². The van der Waals surface area contributed by atoms with Crippen LogP contribution in [-0.2, 0) is 10.3 Å². The summed E-state index contributed by atoms with van der Waals surface area (Å²) < 4.78 is 5.59. The lowest BCUT2D eigenvalue weighted by Gasteiger charge is -2.37. The largest absolute Gasteiger partial charge is 0.496 e. The second-order valence-corrected chi connectivity index (χ2v) is 9.57. The van der Waals surface area contributed by atoms with E-state index in [2.05, 4.69) is 35.4 Å². The highest BCUT2D eigenvalue weighted by atomic mass is 16.5. The van der Waals surface area contributed by atoms with Gasteiger partial charge < -0.3 is 30.0 Å². The standard InChI is InChI=1S/C27H37N5O4/c1-17(2)27(16-33,30-26(35)28-6)22-9-8-21(15-23(22)36-7)25(34)32-12-10-31(11-13-32)24-19(4)14-18(3)20(5)29-24/h8-9,14-17H,10-13H2,1-7H3,(H2,28,30,35). The number of carbonyl (C=O) groups is 3. The summed E-state index contributed by atoms with van der Waals surface area (Å²) in [5.41, 5.74) is 2.97. The third-order valence-electron chi connectivity index (χ3n) is 7.03. The van der Waals surface area contributed by atoms with Crippen LogP contribution in [0.4, 0.5) is 10.6 Å². The van der Waals surface area contributed by atoms with Crippen molar-refractivity contribution in [2.75, 3.05) is 45.2 Å². The summed E-state index contributed by atoms with van der Waals surface area (Å²) in [6, 6.07) is 6.69. The van der Waals surface area contributed by atoms with Crippen LogP contribution in [0.15, 0.2) is 24.3 Å². The zero-order valence-electron chi connectivity index (χ0n) is 22.3. The molecule has 2 N–H and O–H groups in total. The minimum absolute atomic E-state index is 0.107. The maximum absolute atomic E-state index is 13.4. The summed E-state index contributed by atoms with van der Waals surface area (Å²) in [4.78, 5) is 46.6. The number of anilines is 1. The van der Waals surface area contributed by atoms with E-state index in [1.165, 1.54) is 19.7 Å². The Balaban J connectivity index is 1.82. The Morgan fingerprint density at radius 3 is 2.31 bits per heavy atom. The van der Waals surface area contributed by atoms with Gasteiger partial charge in [0.25, 0.3) is 5.91 Å². The molecule has 3 rings (SSSR count). The van der Waals surface area contributed by atoms with Crippen LogP contribution in [-0.4, -0.2) is 68.4 Å². The van der Waals surface area contributed by atoms with Gasteiger partial charge in [-0.05, 0) is 49.9 Å². The van der Waals surface area contributed by atoms with Crippen LogP contribution in [0.5, 0.6) is 5.75 Å². The van der Waals surface area contributed by atoms with E-state index < -0.39 is 11.6 Å². The minimum atomic E-state index is -1.31. The number of urea groups is 1. The van der Waals surface area contributed by atoms with Crippen LogP contribution in [0.25, 0.3) is 0 Å². The molecule has 9 nitrogen and oxygen atoms in total. The number of aryl methyl sites for hydroxylation is 3. The number of methoxy groups -OCH3 is 1. The number of amides is 3. The zero-order valence-corrected chi connectivity index (χ0v) is 22.3. The predicted molar refractivity (Wildman–Crippen MR) is 140 cm³/mol. The average Bonchev–Trinajstić information content (AvgIpc) is 2.88. The molecule has 194 valence electrons. The molecule has 0 spiro atoms.